The first-order valence-corrected chi connectivity index (χ1v) is 7.88. The van der Waals surface area contributed by atoms with Gasteiger partial charge in [-0.3, -0.25) is 4.98 Å². The summed E-state index contributed by atoms with van der Waals surface area (Å²) in [5, 5.41) is 0. The van der Waals surface area contributed by atoms with Crippen LogP contribution < -0.4 is 15.4 Å². The second kappa shape index (κ2) is 8.10. The molecule has 0 saturated carbocycles. The molecule has 1 saturated heterocycles. The van der Waals surface area contributed by atoms with Crippen molar-refractivity contribution in [1.82, 2.24) is 4.98 Å². The van der Waals surface area contributed by atoms with E-state index in [1.807, 2.05) is 6.20 Å². The SMILES string of the molecule is CCCCCCOc1cncc(N2CCC(N)CC2)c1. The summed E-state index contributed by atoms with van der Waals surface area (Å²) in [7, 11) is 0. The molecule has 1 aliphatic rings. The molecule has 2 N–H and O–H groups in total. The Kier molecular flexibility index (Phi) is 6.12. The number of nitrogens with two attached hydrogens (primary N) is 1. The molecular formula is C16H27N3O. The Bertz CT molecular complexity index is 389. The highest BCUT2D eigenvalue weighted by atomic mass is 16.5. The molecule has 0 unspecified atom stereocenters. The van der Waals surface area contributed by atoms with E-state index in [1.165, 1.54) is 19.3 Å². The van der Waals surface area contributed by atoms with Gasteiger partial charge in [-0.1, -0.05) is 26.2 Å². The van der Waals surface area contributed by atoms with Gasteiger partial charge in [0.1, 0.15) is 5.75 Å². The van der Waals surface area contributed by atoms with Crippen molar-refractivity contribution in [3.05, 3.63) is 18.5 Å². The summed E-state index contributed by atoms with van der Waals surface area (Å²) in [6.45, 7) is 5.04. The number of hydrogen-bond acceptors (Lipinski definition) is 4. The highest BCUT2D eigenvalue weighted by Crippen LogP contribution is 2.22. The van der Waals surface area contributed by atoms with Crippen LogP contribution in [0.2, 0.25) is 0 Å². The Hall–Kier alpha value is -1.29. The fraction of sp³-hybridized carbons (Fsp3) is 0.688. The molecule has 2 heterocycles. The van der Waals surface area contributed by atoms with Crippen molar-refractivity contribution in [3.8, 4) is 5.75 Å². The third kappa shape index (κ3) is 4.67. The molecule has 0 amide bonds. The zero-order chi connectivity index (χ0) is 14.2. The Morgan fingerprint density at radius 3 is 2.80 bits per heavy atom. The summed E-state index contributed by atoms with van der Waals surface area (Å²) in [5.74, 6) is 0.883. The quantitative estimate of drug-likeness (QED) is 0.779. The maximum Gasteiger partial charge on any atom is 0.139 e. The average Bonchev–Trinajstić information content (AvgIpc) is 2.48. The number of hydrogen-bond donors (Lipinski definition) is 1. The molecule has 0 bridgehead atoms. The standard InChI is InChI=1S/C16H27N3O/c1-2-3-4-5-10-20-16-11-15(12-18-13-16)19-8-6-14(17)7-9-19/h11-14H,2-10,17H2,1H3. The Morgan fingerprint density at radius 1 is 1.25 bits per heavy atom. The summed E-state index contributed by atoms with van der Waals surface area (Å²) in [6, 6.07) is 2.46. The Labute approximate surface area is 122 Å². The molecule has 2 rings (SSSR count). The van der Waals surface area contributed by atoms with E-state index in [2.05, 4.69) is 22.9 Å². The summed E-state index contributed by atoms with van der Waals surface area (Å²) in [5.41, 5.74) is 7.10. The number of anilines is 1. The topological polar surface area (TPSA) is 51.4 Å². The summed E-state index contributed by atoms with van der Waals surface area (Å²) in [6.07, 6.45) is 10.7. The number of unbranched alkanes of at least 4 members (excludes halogenated alkanes) is 3. The van der Waals surface area contributed by atoms with Crippen LogP contribution in [0.1, 0.15) is 45.4 Å². The largest absolute Gasteiger partial charge is 0.492 e. The van der Waals surface area contributed by atoms with Gasteiger partial charge in [0.2, 0.25) is 0 Å². The molecule has 0 atom stereocenters. The minimum absolute atomic E-state index is 0.359. The molecule has 0 aromatic carbocycles. The number of rotatable bonds is 7. The molecule has 4 heteroatoms. The third-order valence-corrected chi connectivity index (χ3v) is 3.87. The highest BCUT2D eigenvalue weighted by molar-refractivity contribution is 5.48. The van der Waals surface area contributed by atoms with E-state index >= 15 is 0 Å². The Balaban J connectivity index is 1.81. The van der Waals surface area contributed by atoms with Crippen LogP contribution in [-0.4, -0.2) is 30.7 Å². The molecular weight excluding hydrogens is 250 g/mol. The van der Waals surface area contributed by atoms with Crippen LogP contribution in [-0.2, 0) is 0 Å². The van der Waals surface area contributed by atoms with Crippen molar-refractivity contribution in [1.29, 1.82) is 0 Å². The number of ether oxygens (including phenoxy) is 1. The average molecular weight is 277 g/mol. The molecule has 0 radical (unpaired) electrons. The van der Waals surface area contributed by atoms with E-state index in [1.54, 1.807) is 6.20 Å². The lowest BCUT2D eigenvalue weighted by molar-refractivity contribution is 0.304. The number of aromatic nitrogens is 1. The van der Waals surface area contributed by atoms with Crippen molar-refractivity contribution in [2.75, 3.05) is 24.6 Å². The van der Waals surface area contributed by atoms with Gasteiger partial charge in [-0.25, -0.2) is 0 Å². The van der Waals surface area contributed by atoms with E-state index in [0.717, 1.165) is 50.4 Å². The Morgan fingerprint density at radius 2 is 2.05 bits per heavy atom. The minimum atomic E-state index is 0.359. The molecule has 4 nitrogen and oxygen atoms in total. The second-order valence-corrected chi connectivity index (χ2v) is 5.61. The van der Waals surface area contributed by atoms with Gasteiger partial charge in [0.25, 0.3) is 0 Å². The third-order valence-electron chi connectivity index (χ3n) is 3.87. The summed E-state index contributed by atoms with van der Waals surface area (Å²) in [4.78, 5) is 6.64. The van der Waals surface area contributed by atoms with Crippen molar-refractivity contribution in [2.45, 2.75) is 51.5 Å². The van der Waals surface area contributed by atoms with Crippen molar-refractivity contribution < 1.29 is 4.74 Å². The van der Waals surface area contributed by atoms with E-state index in [9.17, 15) is 0 Å². The second-order valence-electron chi connectivity index (χ2n) is 5.61. The molecule has 112 valence electrons. The first kappa shape index (κ1) is 15.1. The normalized spacial score (nSPS) is 16.4. The van der Waals surface area contributed by atoms with Gasteiger partial charge in [-0.05, 0) is 19.3 Å². The van der Waals surface area contributed by atoms with Crippen LogP contribution in [0.4, 0.5) is 5.69 Å². The van der Waals surface area contributed by atoms with Gasteiger partial charge in [-0.2, -0.15) is 0 Å². The maximum atomic E-state index is 5.94. The van der Waals surface area contributed by atoms with E-state index in [4.69, 9.17) is 10.5 Å². The van der Waals surface area contributed by atoms with E-state index < -0.39 is 0 Å². The zero-order valence-corrected chi connectivity index (χ0v) is 12.6. The van der Waals surface area contributed by atoms with E-state index in [-0.39, 0.29) is 0 Å². The molecule has 0 aliphatic carbocycles. The fourth-order valence-electron chi connectivity index (χ4n) is 2.54. The van der Waals surface area contributed by atoms with Gasteiger partial charge in [0.05, 0.1) is 24.7 Å². The smallest absolute Gasteiger partial charge is 0.139 e. The van der Waals surface area contributed by atoms with Gasteiger partial charge in [0.15, 0.2) is 0 Å². The lowest BCUT2D eigenvalue weighted by Gasteiger charge is -2.31. The van der Waals surface area contributed by atoms with Gasteiger partial charge in [-0.15, -0.1) is 0 Å². The number of nitrogens with zero attached hydrogens (tertiary/aromatic N) is 2. The summed E-state index contributed by atoms with van der Waals surface area (Å²) < 4.78 is 5.79. The predicted molar refractivity (Wildman–Crippen MR) is 83.3 cm³/mol. The molecule has 0 spiro atoms. The van der Waals surface area contributed by atoms with Crippen LogP contribution in [0, 0.1) is 0 Å². The molecule has 1 fully saturated rings. The van der Waals surface area contributed by atoms with Crippen molar-refractivity contribution in [3.63, 3.8) is 0 Å². The minimum Gasteiger partial charge on any atom is -0.492 e. The monoisotopic (exact) mass is 277 g/mol. The first-order valence-electron chi connectivity index (χ1n) is 7.88. The number of piperidine rings is 1. The lowest BCUT2D eigenvalue weighted by Crippen LogP contribution is -2.39. The van der Waals surface area contributed by atoms with Gasteiger partial charge < -0.3 is 15.4 Å². The van der Waals surface area contributed by atoms with Crippen molar-refractivity contribution in [2.24, 2.45) is 5.73 Å². The highest BCUT2D eigenvalue weighted by Gasteiger charge is 2.16. The molecule has 20 heavy (non-hydrogen) atoms. The van der Waals surface area contributed by atoms with Crippen LogP contribution >= 0.6 is 0 Å². The van der Waals surface area contributed by atoms with Gasteiger partial charge >= 0.3 is 0 Å². The number of pyridine rings is 1. The van der Waals surface area contributed by atoms with Crippen LogP contribution in [0.5, 0.6) is 5.75 Å². The van der Waals surface area contributed by atoms with Crippen molar-refractivity contribution >= 4 is 5.69 Å². The molecule has 1 aliphatic heterocycles. The first-order chi connectivity index (χ1) is 9.79. The summed E-state index contributed by atoms with van der Waals surface area (Å²) >= 11 is 0. The lowest BCUT2D eigenvalue weighted by atomic mass is 10.1. The van der Waals surface area contributed by atoms with Crippen LogP contribution in [0.15, 0.2) is 18.5 Å². The maximum absolute atomic E-state index is 5.94. The van der Waals surface area contributed by atoms with Crippen LogP contribution in [0.3, 0.4) is 0 Å². The fourth-order valence-corrected chi connectivity index (χ4v) is 2.54. The predicted octanol–water partition coefficient (Wildman–Crippen LogP) is 2.97. The molecule has 1 aromatic heterocycles. The van der Waals surface area contributed by atoms with E-state index in [0.29, 0.717) is 6.04 Å². The molecule has 1 aromatic rings. The van der Waals surface area contributed by atoms with Gasteiger partial charge in [0, 0.05) is 25.2 Å². The zero-order valence-electron chi connectivity index (χ0n) is 12.6. The van der Waals surface area contributed by atoms with Crippen LogP contribution in [0.25, 0.3) is 0 Å².